The van der Waals surface area contributed by atoms with Crippen LogP contribution in [0.4, 0.5) is 16.2 Å². The maximum atomic E-state index is 12.3. The quantitative estimate of drug-likeness (QED) is 0.602. The van der Waals surface area contributed by atoms with E-state index in [1.54, 1.807) is 18.2 Å². The summed E-state index contributed by atoms with van der Waals surface area (Å²) in [5.74, 6) is -1.80. The summed E-state index contributed by atoms with van der Waals surface area (Å²) < 4.78 is 4.58. The van der Waals surface area contributed by atoms with Crippen LogP contribution in [0.25, 0.3) is 11.3 Å². The highest BCUT2D eigenvalue weighted by atomic mass is 35.5. The number of carbonyl (C=O) groups excluding carboxylic acids is 2. The van der Waals surface area contributed by atoms with E-state index in [1.807, 2.05) is 0 Å². The molecule has 0 spiro atoms. The number of nitrogens with zero attached hydrogens (tertiary/aromatic N) is 1. The molecule has 1 aliphatic rings. The fraction of sp³-hybridized carbons (Fsp3) is 0.333. The maximum absolute atomic E-state index is 12.3. The van der Waals surface area contributed by atoms with E-state index in [0.717, 1.165) is 0 Å². The summed E-state index contributed by atoms with van der Waals surface area (Å²) in [4.78, 5) is 42.6. The van der Waals surface area contributed by atoms with Crippen molar-refractivity contribution in [3.8, 4) is 11.3 Å². The molecule has 2 bridgehead atoms. The topological polar surface area (TPSA) is 133 Å². The van der Waals surface area contributed by atoms with E-state index in [4.69, 9.17) is 11.6 Å². The number of H-pyrrole nitrogens is 1. The molecule has 2 heterocycles. The maximum Gasteiger partial charge on any atom is 0.411 e. The van der Waals surface area contributed by atoms with Gasteiger partial charge >= 0.3 is 12.1 Å². The van der Waals surface area contributed by atoms with Gasteiger partial charge in [0.25, 0.3) is 0 Å². The minimum Gasteiger partial charge on any atom is -0.481 e. The molecule has 28 heavy (non-hydrogen) atoms. The lowest BCUT2D eigenvalue weighted by Gasteiger charge is -2.14. The first-order valence-corrected chi connectivity index (χ1v) is 9.04. The Balaban J connectivity index is 2.09. The molecule has 1 aliphatic heterocycles. The number of benzene rings is 1. The first-order valence-electron chi connectivity index (χ1n) is 8.66. The summed E-state index contributed by atoms with van der Waals surface area (Å²) in [5.41, 5.74) is 1.63. The van der Waals surface area contributed by atoms with E-state index in [0.29, 0.717) is 41.9 Å². The minimum atomic E-state index is -1.00. The number of fused-ring (bicyclic) bond motifs is 4. The van der Waals surface area contributed by atoms with Gasteiger partial charge in [0.2, 0.25) is 5.91 Å². The Morgan fingerprint density at radius 3 is 2.86 bits per heavy atom. The lowest BCUT2D eigenvalue weighted by Crippen LogP contribution is -2.16. The van der Waals surface area contributed by atoms with Crippen LogP contribution in [0.3, 0.4) is 0 Å². The van der Waals surface area contributed by atoms with Gasteiger partial charge < -0.3 is 20.1 Å². The Bertz CT molecular complexity index is 927. The van der Waals surface area contributed by atoms with Gasteiger partial charge in [0, 0.05) is 17.7 Å². The molecule has 4 N–H and O–H groups in total. The number of aliphatic carboxylic acids is 1. The number of imidazole rings is 1. The molecule has 1 aromatic heterocycles. The van der Waals surface area contributed by atoms with Crippen molar-refractivity contribution < 1.29 is 24.2 Å². The van der Waals surface area contributed by atoms with Gasteiger partial charge in [0.15, 0.2) is 0 Å². The number of nitrogens with one attached hydrogen (secondary N) is 3. The van der Waals surface area contributed by atoms with Crippen molar-refractivity contribution in [2.24, 2.45) is 0 Å². The molecule has 0 aliphatic carbocycles. The SMILES string of the molecule is COC(=O)Nc1ccc2c(c1)NC(=O)CCCCC(C(=O)O)c1nc-2c(Cl)[nH]1. The van der Waals surface area contributed by atoms with Gasteiger partial charge in [-0.2, -0.15) is 0 Å². The summed E-state index contributed by atoms with van der Waals surface area (Å²) >= 11 is 6.29. The molecule has 0 radical (unpaired) electrons. The monoisotopic (exact) mass is 406 g/mol. The number of hydrogen-bond acceptors (Lipinski definition) is 5. The van der Waals surface area contributed by atoms with Crippen molar-refractivity contribution in [3.63, 3.8) is 0 Å². The number of rotatable bonds is 2. The number of carbonyl (C=O) groups is 3. The average molecular weight is 407 g/mol. The fourth-order valence-corrected chi connectivity index (χ4v) is 3.28. The Labute approximate surface area is 165 Å². The number of carboxylic acid groups (broad SMARTS) is 1. The predicted octanol–water partition coefficient (Wildman–Crippen LogP) is 3.59. The number of methoxy groups -OCH3 is 1. The van der Waals surface area contributed by atoms with Gasteiger partial charge in [-0.15, -0.1) is 0 Å². The zero-order valence-corrected chi connectivity index (χ0v) is 15.8. The summed E-state index contributed by atoms with van der Waals surface area (Å²) in [7, 11) is 1.24. The molecule has 0 fully saturated rings. The zero-order chi connectivity index (χ0) is 20.3. The molecule has 9 nitrogen and oxygen atoms in total. The normalized spacial score (nSPS) is 16.8. The molecule has 0 saturated heterocycles. The predicted molar refractivity (Wildman–Crippen MR) is 103 cm³/mol. The molecule has 10 heteroatoms. The lowest BCUT2D eigenvalue weighted by molar-refractivity contribution is -0.139. The Kier molecular flexibility index (Phi) is 5.84. The molecular formula is C18H19ClN4O5. The van der Waals surface area contributed by atoms with Crippen LogP contribution in [0.2, 0.25) is 5.15 Å². The van der Waals surface area contributed by atoms with Gasteiger partial charge in [0.1, 0.15) is 22.6 Å². The number of anilines is 2. The first kappa shape index (κ1) is 19.7. The van der Waals surface area contributed by atoms with Crippen molar-refractivity contribution in [2.75, 3.05) is 17.7 Å². The number of amides is 2. The average Bonchev–Trinajstić information content (AvgIpc) is 3.01. The molecule has 1 atom stereocenters. The second-order valence-corrected chi connectivity index (χ2v) is 6.72. The Morgan fingerprint density at radius 1 is 1.36 bits per heavy atom. The van der Waals surface area contributed by atoms with E-state index in [1.165, 1.54) is 7.11 Å². The van der Waals surface area contributed by atoms with Crippen LogP contribution < -0.4 is 10.6 Å². The van der Waals surface area contributed by atoms with Crippen LogP contribution in [0, 0.1) is 0 Å². The van der Waals surface area contributed by atoms with E-state index in [2.05, 4.69) is 25.3 Å². The standard InChI is InChI=1S/C18H19ClN4O5/c1-28-18(27)20-9-6-7-10-12(8-9)21-13(24)5-3-2-4-11(17(25)26)16-22-14(10)15(19)23-16/h6-8,11H,2-5H2,1H3,(H,20,27)(H,21,24)(H,22,23)(H,25,26). The van der Waals surface area contributed by atoms with Crippen molar-refractivity contribution in [1.82, 2.24) is 9.97 Å². The largest absolute Gasteiger partial charge is 0.481 e. The zero-order valence-electron chi connectivity index (χ0n) is 15.0. The molecule has 148 valence electrons. The van der Waals surface area contributed by atoms with Crippen LogP contribution in [0.1, 0.15) is 37.4 Å². The molecular weight excluding hydrogens is 388 g/mol. The van der Waals surface area contributed by atoms with Gasteiger partial charge in [-0.05, 0) is 31.0 Å². The van der Waals surface area contributed by atoms with Crippen molar-refractivity contribution in [2.45, 2.75) is 31.6 Å². The molecule has 2 amide bonds. The molecule has 1 unspecified atom stereocenters. The number of aromatic nitrogens is 2. The number of aromatic amines is 1. The van der Waals surface area contributed by atoms with Crippen LogP contribution in [0.5, 0.6) is 0 Å². The number of hydrogen-bond donors (Lipinski definition) is 4. The summed E-state index contributed by atoms with van der Waals surface area (Å²) in [6.45, 7) is 0. The van der Waals surface area contributed by atoms with Crippen LogP contribution in [-0.4, -0.2) is 40.2 Å². The van der Waals surface area contributed by atoms with Crippen LogP contribution >= 0.6 is 11.6 Å². The van der Waals surface area contributed by atoms with Crippen molar-refractivity contribution in [3.05, 3.63) is 29.2 Å². The van der Waals surface area contributed by atoms with Crippen LogP contribution in [0.15, 0.2) is 18.2 Å². The molecule has 3 rings (SSSR count). The summed E-state index contributed by atoms with van der Waals surface area (Å²) in [6.07, 6.45) is 1.03. The second-order valence-electron chi connectivity index (χ2n) is 6.35. The summed E-state index contributed by atoms with van der Waals surface area (Å²) in [6, 6.07) is 4.80. The Hall–Kier alpha value is -3.07. The first-order chi connectivity index (χ1) is 13.4. The number of halogens is 1. The highest BCUT2D eigenvalue weighted by Gasteiger charge is 2.26. The molecule has 1 aromatic carbocycles. The molecule has 2 aromatic rings. The van der Waals surface area contributed by atoms with Gasteiger partial charge in [-0.3, -0.25) is 14.9 Å². The minimum absolute atomic E-state index is 0.171. The lowest BCUT2D eigenvalue weighted by atomic mass is 10.00. The van der Waals surface area contributed by atoms with E-state index in [-0.39, 0.29) is 23.3 Å². The third-order valence-electron chi connectivity index (χ3n) is 4.43. The third kappa shape index (κ3) is 4.25. The number of carboxylic acids is 1. The molecule has 0 saturated carbocycles. The van der Waals surface area contributed by atoms with E-state index < -0.39 is 18.0 Å². The highest BCUT2D eigenvalue weighted by molar-refractivity contribution is 6.32. The number of ether oxygens (including phenoxy) is 1. The summed E-state index contributed by atoms with van der Waals surface area (Å²) in [5, 5.41) is 15.0. The van der Waals surface area contributed by atoms with E-state index in [9.17, 15) is 19.5 Å². The van der Waals surface area contributed by atoms with Gasteiger partial charge in [-0.1, -0.05) is 18.0 Å². The smallest absolute Gasteiger partial charge is 0.411 e. The van der Waals surface area contributed by atoms with Gasteiger partial charge in [0.05, 0.1) is 12.8 Å². The van der Waals surface area contributed by atoms with E-state index >= 15 is 0 Å². The second kappa shape index (κ2) is 8.30. The van der Waals surface area contributed by atoms with Crippen LogP contribution in [-0.2, 0) is 14.3 Å². The third-order valence-corrected chi connectivity index (χ3v) is 4.71. The highest BCUT2D eigenvalue weighted by Crippen LogP contribution is 2.36. The van der Waals surface area contributed by atoms with Crippen molar-refractivity contribution in [1.29, 1.82) is 0 Å². The fourth-order valence-electron chi connectivity index (χ4n) is 3.04. The Morgan fingerprint density at radius 2 is 2.14 bits per heavy atom. The van der Waals surface area contributed by atoms with Crippen molar-refractivity contribution >= 4 is 40.9 Å². The van der Waals surface area contributed by atoms with Gasteiger partial charge in [-0.25, -0.2) is 9.78 Å².